The van der Waals surface area contributed by atoms with E-state index >= 15 is 0 Å². The lowest BCUT2D eigenvalue weighted by atomic mass is 9.97. The maximum atomic E-state index is 11.9. The van der Waals surface area contributed by atoms with Gasteiger partial charge in [-0.1, -0.05) is 0 Å². The Bertz CT molecular complexity index is 480. The Morgan fingerprint density at radius 2 is 2.15 bits per heavy atom. The molecule has 110 valence electrons. The molecule has 0 radical (unpaired) electrons. The van der Waals surface area contributed by atoms with Crippen LogP contribution in [0, 0.1) is 5.92 Å². The predicted molar refractivity (Wildman–Crippen MR) is 69.2 cm³/mol. The molecule has 0 aliphatic carbocycles. The second-order valence-corrected chi connectivity index (χ2v) is 4.81. The van der Waals surface area contributed by atoms with Gasteiger partial charge >= 0.3 is 6.09 Å². The van der Waals surface area contributed by atoms with E-state index < -0.39 is 6.09 Å². The molecule has 0 bridgehead atoms. The zero-order valence-corrected chi connectivity index (χ0v) is 11.0. The van der Waals surface area contributed by atoms with Gasteiger partial charge in [0.1, 0.15) is 0 Å². The maximum Gasteiger partial charge on any atom is 0.407 e. The molecule has 8 nitrogen and oxygen atoms in total. The molecule has 0 unspecified atom stereocenters. The Balaban J connectivity index is 1.79. The van der Waals surface area contributed by atoms with Crippen LogP contribution in [0.5, 0.6) is 0 Å². The van der Waals surface area contributed by atoms with Crippen LogP contribution in [-0.2, 0) is 6.61 Å². The number of carbonyl (C=O) groups is 2. The maximum absolute atomic E-state index is 11.9. The summed E-state index contributed by atoms with van der Waals surface area (Å²) in [7, 11) is 0. The second-order valence-electron chi connectivity index (χ2n) is 4.81. The number of aromatic nitrogens is 2. The Morgan fingerprint density at radius 3 is 2.75 bits per heavy atom. The Hall–Kier alpha value is -2.09. The van der Waals surface area contributed by atoms with Crippen LogP contribution in [0.3, 0.4) is 0 Å². The SMILES string of the molecule is O=C(NCC1CCN(C(=O)O)CC1)c1nc[nH]c1CO. The molecule has 8 heteroatoms. The lowest BCUT2D eigenvalue weighted by Gasteiger charge is -2.29. The lowest BCUT2D eigenvalue weighted by Crippen LogP contribution is -2.41. The number of likely N-dealkylation sites (tertiary alicyclic amines) is 1. The minimum absolute atomic E-state index is 0.204. The van der Waals surface area contributed by atoms with Crippen molar-refractivity contribution in [1.29, 1.82) is 0 Å². The standard InChI is InChI=1S/C12H18N4O4/c17-6-9-10(15-7-14-9)11(18)13-5-8-1-3-16(4-2-8)12(19)20/h7-8,17H,1-6H2,(H,13,18)(H,14,15)(H,19,20). The number of carboxylic acid groups (broad SMARTS) is 1. The van der Waals surface area contributed by atoms with Crippen molar-refractivity contribution in [2.45, 2.75) is 19.4 Å². The van der Waals surface area contributed by atoms with E-state index in [1.807, 2.05) is 0 Å². The highest BCUT2D eigenvalue weighted by molar-refractivity contribution is 5.93. The highest BCUT2D eigenvalue weighted by Gasteiger charge is 2.23. The quantitative estimate of drug-likeness (QED) is 0.621. The first kappa shape index (κ1) is 14.3. The van der Waals surface area contributed by atoms with Crippen LogP contribution < -0.4 is 5.32 Å². The number of amides is 2. The van der Waals surface area contributed by atoms with Gasteiger partial charge in [0.25, 0.3) is 5.91 Å². The first-order valence-corrected chi connectivity index (χ1v) is 6.51. The number of piperidine rings is 1. The molecule has 2 rings (SSSR count). The smallest absolute Gasteiger partial charge is 0.407 e. The summed E-state index contributed by atoms with van der Waals surface area (Å²) in [5, 5.41) is 20.7. The highest BCUT2D eigenvalue weighted by atomic mass is 16.4. The molecule has 1 aliphatic rings. The molecule has 0 spiro atoms. The van der Waals surface area contributed by atoms with Crippen LogP contribution in [0.4, 0.5) is 4.79 Å². The average Bonchev–Trinajstić information content (AvgIpc) is 2.93. The fourth-order valence-electron chi connectivity index (χ4n) is 2.29. The van der Waals surface area contributed by atoms with Crippen LogP contribution in [-0.4, -0.2) is 56.7 Å². The first-order valence-electron chi connectivity index (χ1n) is 6.51. The van der Waals surface area contributed by atoms with Crippen molar-refractivity contribution in [2.75, 3.05) is 19.6 Å². The summed E-state index contributed by atoms with van der Waals surface area (Å²) in [6.45, 7) is 1.23. The lowest BCUT2D eigenvalue weighted by molar-refractivity contribution is 0.0921. The number of aliphatic hydroxyl groups excluding tert-OH is 1. The zero-order valence-electron chi connectivity index (χ0n) is 11.0. The molecule has 1 aromatic rings. The Morgan fingerprint density at radius 1 is 1.45 bits per heavy atom. The van der Waals surface area contributed by atoms with Gasteiger partial charge in [-0.15, -0.1) is 0 Å². The van der Waals surface area contributed by atoms with E-state index in [-0.39, 0.29) is 24.1 Å². The monoisotopic (exact) mass is 282 g/mol. The molecule has 1 saturated heterocycles. The van der Waals surface area contributed by atoms with Crippen molar-refractivity contribution in [3.63, 3.8) is 0 Å². The number of imidazole rings is 1. The fourth-order valence-corrected chi connectivity index (χ4v) is 2.29. The summed E-state index contributed by atoms with van der Waals surface area (Å²) in [6.07, 6.45) is 1.95. The van der Waals surface area contributed by atoms with Crippen molar-refractivity contribution >= 4 is 12.0 Å². The Labute approximate surface area is 115 Å². The number of hydrogen-bond acceptors (Lipinski definition) is 4. The third-order valence-corrected chi connectivity index (χ3v) is 3.53. The number of nitrogens with one attached hydrogen (secondary N) is 2. The molecule has 4 N–H and O–H groups in total. The number of rotatable bonds is 4. The minimum atomic E-state index is -0.892. The number of hydrogen-bond donors (Lipinski definition) is 4. The van der Waals surface area contributed by atoms with Crippen LogP contribution in [0.1, 0.15) is 29.0 Å². The largest absolute Gasteiger partial charge is 0.465 e. The van der Waals surface area contributed by atoms with Crippen LogP contribution in [0.2, 0.25) is 0 Å². The average molecular weight is 282 g/mol. The molecule has 1 aromatic heterocycles. The summed E-state index contributed by atoms with van der Waals surface area (Å²) in [4.78, 5) is 30.6. The van der Waals surface area contributed by atoms with Crippen LogP contribution in [0.15, 0.2) is 6.33 Å². The van der Waals surface area contributed by atoms with Gasteiger partial charge in [0.2, 0.25) is 0 Å². The Kier molecular flexibility index (Phi) is 4.57. The second kappa shape index (κ2) is 6.38. The predicted octanol–water partition coefficient (Wildman–Crippen LogP) is 0.0218. The number of nitrogens with zero attached hydrogens (tertiary/aromatic N) is 2. The van der Waals surface area contributed by atoms with Gasteiger partial charge in [0.05, 0.1) is 18.6 Å². The number of aliphatic hydroxyl groups is 1. The van der Waals surface area contributed by atoms with E-state index in [1.54, 1.807) is 0 Å². The molecule has 1 aliphatic heterocycles. The molecule has 0 saturated carbocycles. The van der Waals surface area contributed by atoms with Crippen molar-refractivity contribution in [3.05, 3.63) is 17.7 Å². The van der Waals surface area contributed by atoms with Gasteiger partial charge in [0, 0.05) is 19.6 Å². The summed E-state index contributed by atoms with van der Waals surface area (Å²) in [6, 6.07) is 0. The summed E-state index contributed by atoms with van der Waals surface area (Å²) >= 11 is 0. The molecule has 1 fully saturated rings. The van der Waals surface area contributed by atoms with Gasteiger partial charge in [-0.05, 0) is 18.8 Å². The summed E-state index contributed by atoms with van der Waals surface area (Å²) < 4.78 is 0. The van der Waals surface area contributed by atoms with Crippen LogP contribution in [0.25, 0.3) is 0 Å². The third-order valence-electron chi connectivity index (χ3n) is 3.53. The summed E-state index contributed by atoms with van der Waals surface area (Å²) in [5.74, 6) is -0.0537. The molecule has 0 aromatic carbocycles. The van der Waals surface area contributed by atoms with Crippen LogP contribution >= 0.6 is 0 Å². The van der Waals surface area contributed by atoms with Gasteiger partial charge in [0.15, 0.2) is 5.69 Å². The number of carbonyl (C=O) groups excluding carboxylic acids is 1. The van der Waals surface area contributed by atoms with Crippen molar-refractivity contribution in [3.8, 4) is 0 Å². The molecule has 2 heterocycles. The summed E-state index contributed by atoms with van der Waals surface area (Å²) in [5.41, 5.74) is 0.596. The fraction of sp³-hybridized carbons (Fsp3) is 0.583. The van der Waals surface area contributed by atoms with Gasteiger partial charge < -0.3 is 25.4 Å². The van der Waals surface area contributed by atoms with Gasteiger partial charge in [-0.3, -0.25) is 4.79 Å². The topological polar surface area (TPSA) is 119 Å². The molecule has 20 heavy (non-hydrogen) atoms. The van der Waals surface area contributed by atoms with Crippen molar-refractivity contribution < 1.29 is 19.8 Å². The van der Waals surface area contributed by atoms with Crippen molar-refractivity contribution in [1.82, 2.24) is 20.2 Å². The normalized spacial score (nSPS) is 16.1. The number of aromatic amines is 1. The van der Waals surface area contributed by atoms with Gasteiger partial charge in [-0.2, -0.15) is 0 Å². The first-order chi connectivity index (χ1) is 9.61. The highest BCUT2D eigenvalue weighted by Crippen LogP contribution is 2.16. The molecule has 0 atom stereocenters. The van der Waals surface area contributed by atoms with E-state index in [2.05, 4.69) is 15.3 Å². The molecule has 2 amide bonds. The minimum Gasteiger partial charge on any atom is -0.465 e. The van der Waals surface area contributed by atoms with E-state index in [0.717, 1.165) is 12.8 Å². The molecular weight excluding hydrogens is 264 g/mol. The zero-order chi connectivity index (χ0) is 14.5. The van der Waals surface area contributed by atoms with Gasteiger partial charge in [-0.25, -0.2) is 9.78 Å². The molecular formula is C12H18N4O4. The van der Waals surface area contributed by atoms with E-state index in [0.29, 0.717) is 25.3 Å². The third kappa shape index (κ3) is 3.27. The van der Waals surface area contributed by atoms with E-state index in [1.165, 1.54) is 11.2 Å². The van der Waals surface area contributed by atoms with Crippen molar-refractivity contribution in [2.24, 2.45) is 5.92 Å². The van der Waals surface area contributed by atoms with E-state index in [4.69, 9.17) is 10.2 Å². The van der Waals surface area contributed by atoms with E-state index in [9.17, 15) is 9.59 Å². The number of H-pyrrole nitrogens is 1.